The van der Waals surface area contributed by atoms with Crippen LogP contribution in [-0.2, 0) is 6.54 Å². The molecule has 0 radical (unpaired) electrons. The first-order chi connectivity index (χ1) is 9.86. The number of β-amino-alcohol motifs (C(OH)–C–C–N with tert-alkyl or cyclic N) is 1. The van der Waals surface area contributed by atoms with Crippen molar-refractivity contribution in [3.8, 4) is 0 Å². The van der Waals surface area contributed by atoms with E-state index in [4.69, 9.17) is 11.5 Å². The van der Waals surface area contributed by atoms with E-state index < -0.39 is 5.91 Å². The van der Waals surface area contributed by atoms with Crippen molar-refractivity contribution in [2.45, 2.75) is 25.1 Å². The summed E-state index contributed by atoms with van der Waals surface area (Å²) in [4.78, 5) is 15.5. The zero-order valence-electron chi connectivity index (χ0n) is 12.6. The molecule has 1 aliphatic rings. The number of aliphatic hydroxyl groups is 1. The lowest BCUT2D eigenvalue weighted by atomic mass is 10.1. The highest BCUT2D eigenvalue weighted by Crippen LogP contribution is 2.24. The lowest BCUT2D eigenvalue weighted by molar-refractivity contribution is 0.100. The predicted octanol–water partition coefficient (Wildman–Crippen LogP) is -0.135. The van der Waals surface area contributed by atoms with Crippen LogP contribution in [-0.4, -0.2) is 60.1 Å². The molecule has 0 spiro atoms. The number of nitrogen functional groups attached to an aromatic ring is 1. The van der Waals surface area contributed by atoms with Crippen LogP contribution >= 0.6 is 0 Å². The van der Waals surface area contributed by atoms with Crippen molar-refractivity contribution in [1.29, 1.82) is 0 Å². The number of likely N-dealkylation sites (N-methyl/N-ethyl adjacent to an activating group) is 1. The zero-order valence-corrected chi connectivity index (χ0v) is 12.6. The molecular formula is C15H24N4O2. The van der Waals surface area contributed by atoms with Crippen LogP contribution in [0, 0.1) is 0 Å². The third-order valence-electron chi connectivity index (χ3n) is 3.89. The molecule has 0 saturated carbocycles. The third kappa shape index (κ3) is 3.93. The van der Waals surface area contributed by atoms with Crippen molar-refractivity contribution in [2.75, 3.05) is 32.9 Å². The number of hydrogen-bond acceptors (Lipinski definition) is 5. The first-order valence-corrected chi connectivity index (χ1v) is 7.12. The minimum Gasteiger partial charge on any atom is -0.398 e. The molecule has 1 aromatic rings. The Balaban J connectivity index is 2.11. The molecule has 0 aromatic heterocycles. The van der Waals surface area contributed by atoms with Crippen molar-refractivity contribution in [1.82, 2.24) is 9.80 Å². The minimum atomic E-state index is -0.477. The van der Waals surface area contributed by atoms with Crippen LogP contribution in [0.2, 0.25) is 0 Å². The van der Waals surface area contributed by atoms with Crippen LogP contribution in [0.3, 0.4) is 0 Å². The second-order valence-electron chi connectivity index (χ2n) is 6.01. The summed E-state index contributed by atoms with van der Waals surface area (Å²) in [5, 5.41) is 9.89. The van der Waals surface area contributed by atoms with E-state index in [0.717, 1.165) is 18.5 Å². The molecule has 1 fully saturated rings. The fraction of sp³-hybridized carbons (Fsp3) is 0.533. The highest BCUT2D eigenvalue weighted by molar-refractivity contribution is 5.93. The Hall–Kier alpha value is -1.63. The predicted molar refractivity (Wildman–Crippen MR) is 82.7 cm³/mol. The van der Waals surface area contributed by atoms with E-state index in [0.29, 0.717) is 30.4 Å². The Kier molecular flexibility index (Phi) is 4.82. The van der Waals surface area contributed by atoms with Gasteiger partial charge >= 0.3 is 0 Å². The molecule has 5 N–H and O–H groups in total. The Bertz CT molecular complexity index is 518. The summed E-state index contributed by atoms with van der Waals surface area (Å²) in [6, 6.07) is 5.46. The monoisotopic (exact) mass is 292 g/mol. The number of carbonyl (C=O) groups excluding carboxylic acids is 1. The molecule has 1 aromatic carbocycles. The number of nitrogens with zero attached hydrogens (tertiary/aromatic N) is 2. The fourth-order valence-corrected chi connectivity index (χ4v) is 2.87. The number of anilines is 1. The van der Waals surface area contributed by atoms with E-state index >= 15 is 0 Å². The van der Waals surface area contributed by atoms with Gasteiger partial charge in [-0.25, -0.2) is 0 Å². The van der Waals surface area contributed by atoms with Gasteiger partial charge in [0.25, 0.3) is 0 Å². The fourth-order valence-electron chi connectivity index (χ4n) is 2.87. The minimum absolute atomic E-state index is 0.291. The molecule has 2 rings (SSSR count). The van der Waals surface area contributed by atoms with Crippen molar-refractivity contribution < 1.29 is 9.90 Å². The quantitative estimate of drug-likeness (QED) is 0.657. The van der Waals surface area contributed by atoms with Crippen LogP contribution < -0.4 is 11.5 Å². The number of primary amides is 1. The van der Waals surface area contributed by atoms with E-state index in [-0.39, 0.29) is 6.10 Å². The number of carbonyl (C=O) groups is 1. The van der Waals surface area contributed by atoms with E-state index in [9.17, 15) is 9.90 Å². The summed E-state index contributed by atoms with van der Waals surface area (Å²) >= 11 is 0. The Morgan fingerprint density at radius 2 is 2.19 bits per heavy atom. The molecule has 21 heavy (non-hydrogen) atoms. The lowest BCUT2D eigenvalue weighted by Crippen LogP contribution is -2.37. The summed E-state index contributed by atoms with van der Waals surface area (Å²) in [5.74, 6) is -0.477. The molecule has 1 amide bonds. The van der Waals surface area contributed by atoms with E-state index in [1.807, 2.05) is 20.2 Å². The molecule has 2 unspecified atom stereocenters. The van der Waals surface area contributed by atoms with Gasteiger partial charge in [0.05, 0.1) is 6.10 Å². The molecule has 0 bridgehead atoms. The van der Waals surface area contributed by atoms with Gasteiger partial charge in [-0.05, 0) is 38.2 Å². The first kappa shape index (κ1) is 15.8. The van der Waals surface area contributed by atoms with Crippen LogP contribution in [0.5, 0.6) is 0 Å². The van der Waals surface area contributed by atoms with Gasteiger partial charge in [-0.15, -0.1) is 0 Å². The van der Waals surface area contributed by atoms with Crippen LogP contribution in [0.15, 0.2) is 18.2 Å². The standard InChI is InChI=1S/C15H24N4O2/c1-18(2)8-12-6-13(20)9-19(12)7-11-4-3-10(15(17)21)5-14(11)16/h3-5,12-13,20H,6-9,16H2,1-2H3,(H2,17,21). The number of benzene rings is 1. The SMILES string of the molecule is CN(C)CC1CC(O)CN1Cc1ccc(C(N)=O)cc1N. The summed E-state index contributed by atoms with van der Waals surface area (Å²) < 4.78 is 0. The van der Waals surface area contributed by atoms with Crippen molar-refractivity contribution in [3.05, 3.63) is 29.3 Å². The highest BCUT2D eigenvalue weighted by Gasteiger charge is 2.31. The molecule has 2 atom stereocenters. The number of nitrogens with two attached hydrogens (primary N) is 2. The Morgan fingerprint density at radius 3 is 2.76 bits per heavy atom. The molecule has 116 valence electrons. The maximum Gasteiger partial charge on any atom is 0.248 e. The largest absolute Gasteiger partial charge is 0.398 e. The zero-order chi connectivity index (χ0) is 15.6. The van der Waals surface area contributed by atoms with Gasteiger partial charge in [-0.2, -0.15) is 0 Å². The van der Waals surface area contributed by atoms with Crippen LogP contribution in [0.1, 0.15) is 22.3 Å². The number of likely N-dealkylation sites (tertiary alicyclic amines) is 1. The summed E-state index contributed by atoms with van der Waals surface area (Å²) in [5.41, 5.74) is 13.2. The van der Waals surface area contributed by atoms with Gasteiger partial charge in [-0.1, -0.05) is 6.07 Å². The van der Waals surface area contributed by atoms with E-state index in [1.165, 1.54) is 0 Å². The molecule has 1 aliphatic heterocycles. The van der Waals surface area contributed by atoms with Crippen LogP contribution in [0.4, 0.5) is 5.69 Å². The van der Waals surface area contributed by atoms with Crippen molar-refractivity contribution >= 4 is 11.6 Å². The molecule has 6 heteroatoms. The lowest BCUT2D eigenvalue weighted by Gasteiger charge is -2.27. The summed E-state index contributed by atoms with van der Waals surface area (Å²) in [6.07, 6.45) is 0.485. The van der Waals surface area contributed by atoms with Crippen LogP contribution in [0.25, 0.3) is 0 Å². The summed E-state index contributed by atoms with van der Waals surface area (Å²) in [7, 11) is 4.05. The molecule has 0 aliphatic carbocycles. The van der Waals surface area contributed by atoms with Crippen molar-refractivity contribution in [3.63, 3.8) is 0 Å². The van der Waals surface area contributed by atoms with E-state index in [1.54, 1.807) is 12.1 Å². The van der Waals surface area contributed by atoms with Gasteiger partial charge in [0.2, 0.25) is 5.91 Å². The topological polar surface area (TPSA) is 95.8 Å². The normalized spacial score (nSPS) is 22.9. The number of rotatable bonds is 5. The molecular weight excluding hydrogens is 268 g/mol. The highest BCUT2D eigenvalue weighted by atomic mass is 16.3. The number of hydrogen-bond donors (Lipinski definition) is 3. The second kappa shape index (κ2) is 6.43. The average molecular weight is 292 g/mol. The molecule has 6 nitrogen and oxygen atoms in total. The maximum atomic E-state index is 11.1. The van der Waals surface area contributed by atoms with Gasteiger partial charge in [0, 0.05) is 36.9 Å². The number of aliphatic hydroxyl groups excluding tert-OH is 1. The third-order valence-corrected chi connectivity index (χ3v) is 3.89. The summed E-state index contributed by atoms with van der Waals surface area (Å²) in [6.45, 7) is 2.21. The average Bonchev–Trinajstić information content (AvgIpc) is 2.70. The second-order valence-corrected chi connectivity index (χ2v) is 6.01. The van der Waals surface area contributed by atoms with Gasteiger partial charge in [-0.3, -0.25) is 9.69 Å². The van der Waals surface area contributed by atoms with Crippen molar-refractivity contribution in [2.24, 2.45) is 5.73 Å². The molecule has 1 heterocycles. The number of amides is 1. The smallest absolute Gasteiger partial charge is 0.248 e. The van der Waals surface area contributed by atoms with E-state index in [2.05, 4.69) is 9.80 Å². The Morgan fingerprint density at radius 1 is 1.48 bits per heavy atom. The van der Waals surface area contributed by atoms with Gasteiger partial charge < -0.3 is 21.5 Å². The Labute approximate surface area is 125 Å². The van der Waals surface area contributed by atoms with Gasteiger partial charge in [0.15, 0.2) is 0 Å². The maximum absolute atomic E-state index is 11.1. The molecule has 1 saturated heterocycles. The first-order valence-electron chi connectivity index (χ1n) is 7.12. The van der Waals surface area contributed by atoms with Gasteiger partial charge in [0.1, 0.15) is 0 Å².